The van der Waals surface area contributed by atoms with Crippen molar-refractivity contribution in [3.63, 3.8) is 0 Å². The van der Waals surface area contributed by atoms with Crippen molar-refractivity contribution in [2.24, 2.45) is 7.05 Å². The number of anilines is 1. The number of rotatable bonds is 4. The number of fused-ring (bicyclic) bond motifs is 1. The number of hydrogen-bond donors (Lipinski definition) is 1. The normalized spacial score (nSPS) is 11.9. The van der Waals surface area contributed by atoms with Gasteiger partial charge in [0.05, 0.1) is 12.4 Å². The number of nitrogens with zero attached hydrogens (tertiary/aromatic N) is 4. The predicted molar refractivity (Wildman–Crippen MR) is 86.6 cm³/mol. The molecule has 2 heterocycles. The molecule has 110 valence electrons. The van der Waals surface area contributed by atoms with E-state index in [9.17, 15) is 0 Å². The molecule has 21 heavy (non-hydrogen) atoms. The summed E-state index contributed by atoms with van der Waals surface area (Å²) >= 11 is 0. The Kier molecular flexibility index (Phi) is 4.75. The summed E-state index contributed by atoms with van der Waals surface area (Å²) in [4.78, 5) is 13.0. The molecule has 3 aromatic rings. The van der Waals surface area contributed by atoms with Gasteiger partial charge in [0.1, 0.15) is 11.8 Å². The fourth-order valence-corrected chi connectivity index (χ4v) is 2.32. The Morgan fingerprint density at radius 1 is 1.14 bits per heavy atom. The zero-order valence-electron chi connectivity index (χ0n) is 12.0. The molecule has 0 saturated heterocycles. The highest BCUT2D eigenvalue weighted by molar-refractivity contribution is 5.85. The lowest BCUT2D eigenvalue weighted by Gasteiger charge is -2.18. The van der Waals surface area contributed by atoms with Gasteiger partial charge in [-0.1, -0.05) is 37.3 Å². The van der Waals surface area contributed by atoms with E-state index in [4.69, 9.17) is 0 Å². The van der Waals surface area contributed by atoms with Gasteiger partial charge in [-0.3, -0.25) is 0 Å². The molecule has 3 rings (SSSR count). The number of benzene rings is 1. The fourth-order valence-electron chi connectivity index (χ4n) is 2.32. The Morgan fingerprint density at radius 3 is 2.62 bits per heavy atom. The number of aromatic nitrogens is 4. The predicted octanol–water partition coefficient (Wildman–Crippen LogP) is 3.35. The summed E-state index contributed by atoms with van der Waals surface area (Å²) in [6, 6.07) is 10.6. The van der Waals surface area contributed by atoms with Gasteiger partial charge in [-0.15, -0.1) is 12.4 Å². The molecule has 2 aromatic heterocycles. The molecule has 0 fully saturated rings. The molecule has 1 atom stereocenters. The first-order valence-corrected chi connectivity index (χ1v) is 6.73. The highest BCUT2D eigenvalue weighted by Gasteiger charge is 2.13. The molecule has 0 aliphatic carbocycles. The lowest BCUT2D eigenvalue weighted by atomic mass is 10.0. The van der Waals surface area contributed by atoms with Gasteiger partial charge >= 0.3 is 0 Å². The van der Waals surface area contributed by atoms with Gasteiger partial charge in [-0.25, -0.2) is 15.0 Å². The second kappa shape index (κ2) is 6.54. The fraction of sp³-hybridized carbons (Fsp3) is 0.267. The lowest BCUT2D eigenvalue weighted by Crippen LogP contribution is -2.11. The van der Waals surface area contributed by atoms with Gasteiger partial charge in [-0.05, 0) is 12.0 Å². The van der Waals surface area contributed by atoms with E-state index in [1.165, 1.54) is 5.56 Å². The number of imidazole rings is 1. The summed E-state index contributed by atoms with van der Waals surface area (Å²) in [5.41, 5.74) is 2.90. The summed E-state index contributed by atoms with van der Waals surface area (Å²) in [5.74, 6) is 0.784. The maximum Gasteiger partial charge on any atom is 0.165 e. The molecule has 5 nitrogen and oxygen atoms in total. The van der Waals surface area contributed by atoms with Gasteiger partial charge in [0.25, 0.3) is 0 Å². The van der Waals surface area contributed by atoms with Crippen LogP contribution in [0, 0.1) is 0 Å². The van der Waals surface area contributed by atoms with Crippen LogP contribution in [0.15, 0.2) is 43.0 Å². The third-order valence-electron chi connectivity index (χ3n) is 3.42. The number of aryl methyl sites for hydroxylation is 1. The highest BCUT2D eigenvalue weighted by atomic mass is 35.5. The molecule has 0 amide bonds. The van der Waals surface area contributed by atoms with Crippen LogP contribution in [-0.4, -0.2) is 19.5 Å². The second-order valence-electron chi connectivity index (χ2n) is 4.77. The van der Waals surface area contributed by atoms with E-state index in [0.29, 0.717) is 0 Å². The van der Waals surface area contributed by atoms with Crippen LogP contribution >= 0.6 is 12.4 Å². The molecule has 0 bridgehead atoms. The largest absolute Gasteiger partial charge is 0.361 e. The highest BCUT2D eigenvalue weighted by Crippen LogP contribution is 2.24. The number of nitrogens with one attached hydrogen (secondary N) is 1. The van der Waals surface area contributed by atoms with Crippen molar-refractivity contribution >= 4 is 29.4 Å². The van der Waals surface area contributed by atoms with E-state index >= 15 is 0 Å². The smallest absolute Gasteiger partial charge is 0.165 e. The third kappa shape index (κ3) is 2.97. The molecule has 1 N–H and O–H groups in total. The zero-order chi connectivity index (χ0) is 13.9. The Hall–Kier alpha value is -2.14. The first-order valence-electron chi connectivity index (χ1n) is 6.73. The molecule has 0 saturated carbocycles. The van der Waals surface area contributed by atoms with Gasteiger partial charge < -0.3 is 9.88 Å². The van der Waals surface area contributed by atoms with Gasteiger partial charge in [-0.2, -0.15) is 0 Å². The molecular formula is C15H18ClN5. The van der Waals surface area contributed by atoms with Crippen molar-refractivity contribution < 1.29 is 0 Å². The zero-order valence-corrected chi connectivity index (χ0v) is 12.8. The molecule has 1 aromatic carbocycles. The van der Waals surface area contributed by atoms with Crippen LogP contribution < -0.4 is 5.32 Å². The lowest BCUT2D eigenvalue weighted by molar-refractivity contribution is 0.745. The standard InChI is InChI=1S/C15H17N5.ClH/c1-3-12(11-7-5-4-6-8-11)19-14-13-15(17-9-16-14)20(2)10-18-13;/h4-10,12H,3H2,1-2H3,(H,16,17,19);1H/t12-;/m0./s1. The van der Waals surface area contributed by atoms with E-state index in [-0.39, 0.29) is 18.4 Å². The van der Waals surface area contributed by atoms with Crippen molar-refractivity contribution in [2.75, 3.05) is 5.32 Å². The van der Waals surface area contributed by atoms with E-state index < -0.39 is 0 Å². The van der Waals surface area contributed by atoms with Crippen LogP contribution in [0.5, 0.6) is 0 Å². The molecule has 0 radical (unpaired) electrons. The monoisotopic (exact) mass is 303 g/mol. The summed E-state index contributed by atoms with van der Waals surface area (Å²) in [6.45, 7) is 2.15. The number of halogens is 1. The summed E-state index contributed by atoms with van der Waals surface area (Å²) in [5, 5.41) is 3.47. The van der Waals surface area contributed by atoms with E-state index in [1.807, 2.05) is 17.7 Å². The van der Waals surface area contributed by atoms with Crippen molar-refractivity contribution in [1.29, 1.82) is 0 Å². The van der Waals surface area contributed by atoms with Crippen LogP contribution in [0.1, 0.15) is 24.9 Å². The van der Waals surface area contributed by atoms with Crippen LogP contribution in [0.4, 0.5) is 5.82 Å². The van der Waals surface area contributed by atoms with Crippen molar-refractivity contribution in [3.05, 3.63) is 48.5 Å². The van der Waals surface area contributed by atoms with Crippen LogP contribution in [0.2, 0.25) is 0 Å². The van der Waals surface area contributed by atoms with Crippen molar-refractivity contribution in [2.45, 2.75) is 19.4 Å². The van der Waals surface area contributed by atoms with E-state index in [2.05, 4.69) is 51.5 Å². The Bertz CT molecular complexity index is 710. The minimum Gasteiger partial charge on any atom is -0.361 e. The van der Waals surface area contributed by atoms with E-state index in [0.717, 1.165) is 23.4 Å². The maximum absolute atomic E-state index is 4.37. The molecule has 6 heteroatoms. The molecule has 0 aliphatic rings. The average Bonchev–Trinajstić information content (AvgIpc) is 2.88. The summed E-state index contributed by atoms with van der Waals surface area (Å²) < 4.78 is 1.89. The minimum atomic E-state index is 0. The Labute approximate surface area is 129 Å². The first-order chi connectivity index (χ1) is 9.79. The van der Waals surface area contributed by atoms with Crippen LogP contribution in [0.3, 0.4) is 0 Å². The van der Waals surface area contributed by atoms with Crippen molar-refractivity contribution in [3.8, 4) is 0 Å². The minimum absolute atomic E-state index is 0. The molecule has 0 spiro atoms. The summed E-state index contributed by atoms with van der Waals surface area (Å²) in [6.07, 6.45) is 4.31. The Morgan fingerprint density at radius 2 is 1.90 bits per heavy atom. The van der Waals surface area contributed by atoms with Gasteiger partial charge in [0.2, 0.25) is 0 Å². The SMILES string of the molecule is CC[C@H](Nc1ncnc2c1ncn2C)c1ccccc1.Cl. The van der Waals surface area contributed by atoms with Crippen LogP contribution in [-0.2, 0) is 7.05 Å². The van der Waals surface area contributed by atoms with Gasteiger partial charge in [0, 0.05) is 7.05 Å². The Balaban J connectivity index is 0.00000161. The first kappa shape index (κ1) is 15.3. The molecule has 0 unspecified atom stereocenters. The summed E-state index contributed by atoms with van der Waals surface area (Å²) in [7, 11) is 1.93. The quantitative estimate of drug-likeness (QED) is 0.803. The second-order valence-corrected chi connectivity index (χ2v) is 4.77. The van der Waals surface area contributed by atoms with Crippen LogP contribution in [0.25, 0.3) is 11.2 Å². The third-order valence-corrected chi connectivity index (χ3v) is 3.42. The molecule has 0 aliphatic heterocycles. The number of hydrogen-bond acceptors (Lipinski definition) is 4. The topological polar surface area (TPSA) is 55.6 Å². The van der Waals surface area contributed by atoms with E-state index in [1.54, 1.807) is 12.7 Å². The van der Waals surface area contributed by atoms with Crippen molar-refractivity contribution in [1.82, 2.24) is 19.5 Å². The molecular weight excluding hydrogens is 286 g/mol. The average molecular weight is 304 g/mol. The maximum atomic E-state index is 4.37. The van der Waals surface area contributed by atoms with Gasteiger partial charge in [0.15, 0.2) is 11.5 Å².